The minimum atomic E-state index is -4.70. The van der Waals surface area contributed by atoms with Gasteiger partial charge in [-0.1, -0.05) is 13.8 Å². The predicted octanol–water partition coefficient (Wildman–Crippen LogP) is 2.23. The Hall–Kier alpha value is -1.27. The third-order valence-corrected chi connectivity index (χ3v) is 2.77. The van der Waals surface area contributed by atoms with Crippen LogP contribution in [0.3, 0.4) is 0 Å². The van der Waals surface area contributed by atoms with Crippen molar-refractivity contribution in [1.29, 1.82) is 0 Å². The quantitative estimate of drug-likeness (QED) is 0.618. The van der Waals surface area contributed by atoms with Crippen LogP contribution in [0.2, 0.25) is 0 Å². The zero-order valence-corrected chi connectivity index (χ0v) is 9.96. The van der Waals surface area contributed by atoms with Gasteiger partial charge in [-0.25, -0.2) is 0 Å². The lowest BCUT2D eigenvalue weighted by Gasteiger charge is -2.28. The van der Waals surface area contributed by atoms with Gasteiger partial charge >= 0.3 is 18.1 Å². The van der Waals surface area contributed by atoms with Crippen LogP contribution in [-0.4, -0.2) is 29.3 Å². The lowest BCUT2D eigenvalue weighted by atomic mass is 9.79. The van der Waals surface area contributed by atoms with E-state index < -0.39 is 35.6 Å². The van der Waals surface area contributed by atoms with Crippen molar-refractivity contribution in [2.75, 3.05) is 0 Å². The first kappa shape index (κ1) is 15.7. The first-order valence-corrected chi connectivity index (χ1v) is 4.95. The fraction of sp³-hybridized carbons (Fsp3) is 0.800. The average molecular weight is 256 g/mol. The van der Waals surface area contributed by atoms with Gasteiger partial charge in [-0.15, -0.1) is 0 Å². The molecule has 0 aliphatic rings. The Kier molecular flexibility index (Phi) is 4.56. The fourth-order valence-corrected chi connectivity index (χ4v) is 0.920. The second-order valence-corrected chi connectivity index (χ2v) is 4.25. The van der Waals surface area contributed by atoms with Gasteiger partial charge < -0.3 is 9.84 Å². The molecule has 0 amide bonds. The number of carbonyl (C=O) groups is 2. The van der Waals surface area contributed by atoms with E-state index in [0.29, 0.717) is 6.92 Å². The highest BCUT2D eigenvalue weighted by molar-refractivity contribution is 5.99. The Morgan fingerprint density at radius 2 is 1.59 bits per heavy atom. The van der Waals surface area contributed by atoms with Gasteiger partial charge in [-0.2, -0.15) is 13.2 Å². The molecule has 0 spiro atoms. The van der Waals surface area contributed by atoms with Crippen molar-refractivity contribution in [2.24, 2.45) is 11.3 Å². The Bertz CT molecular complexity index is 311. The van der Waals surface area contributed by atoms with Gasteiger partial charge in [-0.05, 0) is 19.8 Å². The van der Waals surface area contributed by atoms with Crippen LogP contribution in [-0.2, 0) is 14.3 Å². The Balaban J connectivity index is 4.97. The molecule has 2 unspecified atom stereocenters. The minimum Gasteiger partial charge on any atom is -0.480 e. The van der Waals surface area contributed by atoms with Crippen LogP contribution in [0, 0.1) is 11.3 Å². The number of hydrogen-bond acceptors (Lipinski definition) is 3. The summed E-state index contributed by atoms with van der Waals surface area (Å²) in [7, 11) is 0. The van der Waals surface area contributed by atoms with Crippen molar-refractivity contribution >= 4 is 11.9 Å². The smallest absolute Gasteiger partial charge is 0.425 e. The van der Waals surface area contributed by atoms with Gasteiger partial charge in [0.05, 0.1) is 0 Å². The van der Waals surface area contributed by atoms with E-state index in [-0.39, 0.29) is 0 Å². The third-order valence-electron chi connectivity index (χ3n) is 2.77. The van der Waals surface area contributed by atoms with Gasteiger partial charge in [0.2, 0.25) is 0 Å². The number of esters is 1. The van der Waals surface area contributed by atoms with E-state index in [0.717, 1.165) is 6.92 Å². The number of hydrogen-bond donors (Lipinski definition) is 1. The second kappa shape index (κ2) is 4.93. The molecule has 0 saturated heterocycles. The molecule has 0 aromatic rings. The molecule has 4 nitrogen and oxygen atoms in total. The molecule has 2 atom stereocenters. The SMILES string of the molecule is CC(OC(=O)C(C)(C(=O)O)C(C)C)C(F)(F)F. The normalized spacial score (nSPS) is 17.4. The number of rotatable bonds is 4. The minimum absolute atomic E-state index is 0.653. The Labute approximate surface area is 96.8 Å². The number of carbonyl (C=O) groups excluding carboxylic acids is 1. The maximum absolute atomic E-state index is 12.2. The molecule has 100 valence electrons. The molecule has 7 heteroatoms. The van der Waals surface area contributed by atoms with Crippen molar-refractivity contribution < 1.29 is 32.6 Å². The summed E-state index contributed by atoms with van der Waals surface area (Å²) >= 11 is 0. The number of carboxylic acids is 1. The summed E-state index contributed by atoms with van der Waals surface area (Å²) in [6.45, 7) is 4.55. The molecule has 0 radical (unpaired) electrons. The van der Waals surface area contributed by atoms with E-state index in [1.54, 1.807) is 0 Å². The summed E-state index contributed by atoms with van der Waals surface area (Å²) < 4.78 is 40.7. The molecule has 0 saturated carbocycles. The summed E-state index contributed by atoms with van der Waals surface area (Å²) in [4.78, 5) is 22.5. The summed E-state index contributed by atoms with van der Waals surface area (Å²) in [6.07, 6.45) is -7.03. The van der Waals surface area contributed by atoms with E-state index in [4.69, 9.17) is 5.11 Å². The Morgan fingerprint density at radius 3 is 1.82 bits per heavy atom. The van der Waals surface area contributed by atoms with Crippen molar-refractivity contribution in [2.45, 2.75) is 40.0 Å². The van der Waals surface area contributed by atoms with Gasteiger partial charge in [0, 0.05) is 0 Å². The molecule has 17 heavy (non-hydrogen) atoms. The molecule has 0 aliphatic carbocycles. The zero-order valence-electron chi connectivity index (χ0n) is 9.96. The third kappa shape index (κ3) is 3.34. The first-order valence-electron chi connectivity index (χ1n) is 4.95. The number of carboxylic acid groups (broad SMARTS) is 1. The molecule has 0 fully saturated rings. The van der Waals surface area contributed by atoms with Gasteiger partial charge in [0.25, 0.3) is 0 Å². The summed E-state index contributed by atoms with van der Waals surface area (Å²) in [5.74, 6) is -3.58. The summed E-state index contributed by atoms with van der Waals surface area (Å²) in [6, 6.07) is 0. The van der Waals surface area contributed by atoms with Gasteiger partial charge in [0.15, 0.2) is 11.5 Å². The molecular formula is C10H15F3O4. The number of ether oxygens (including phenoxy) is 1. The van der Waals surface area contributed by atoms with Crippen LogP contribution in [0.4, 0.5) is 13.2 Å². The van der Waals surface area contributed by atoms with Crippen LogP contribution in [0.25, 0.3) is 0 Å². The monoisotopic (exact) mass is 256 g/mol. The fourth-order valence-electron chi connectivity index (χ4n) is 0.920. The van der Waals surface area contributed by atoms with E-state index in [1.165, 1.54) is 13.8 Å². The van der Waals surface area contributed by atoms with E-state index in [1.807, 2.05) is 0 Å². The molecule has 0 aliphatic heterocycles. The Morgan fingerprint density at radius 1 is 1.18 bits per heavy atom. The average Bonchev–Trinajstić information content (AvgIpc) is 2.13. The first-order chi connectivity index (χ1) is 7.44. The molecule has 0 aromatic carbocycles. The lowest BCUT2D eigenvalue weighted by Crippen LogP contribution is -2.45. The highest BCUT2D eigenvalue weighted by Crippen LogP contribution is 2.31. The van der Waals surface area contributed by atoms with Crippen LogP contribution in [0.5, 0.6) is 0 Å². The maximum Gasteiger partial charge on any atom is 0.425 e. The zero-order chi connectivity index (χ0) is 14.0. The molecule has 0 aromatic heterocycles. The summed E-state index contributed by atoms with van der Waals surface area (Å²) in [5, 5.41) is 8.91. The van der Waals surface area contributed by atoms with Crippen molar-refractivity contribution in [3.05, 3.63) is 0 Å². The van der Waals surface area contributed by atoms with Crippen molar-refractivity contribution in [1.82, 2.24) is 0 Å². The van der Waals surface area contributed by atoms with Crippen LogP contribution < -0.4 is 0 Å². The topological polar surface area (TPSA) is 63.6 Å². The largest absolute Gasteiger partial charge is 0.480 e. The molecule has 1 N–H and O–H groups in total. The van der Waals surface area contributed by atoms with E-state index in [2.05, 4.69) is 4.74 Å². The standard InChI is InChI=1S/C10H15F3O4/c1-5(2)9(4,7(14)15)8(16)17-6(3)10(11,12)13/h5-6H,1-4H3,(H,14,15). The number of alkyl halides is 3. The van der Waals surface area contributed by atoms with Crippen LogP contribution in [0.15, 0.2) is 0 Å². The molecule has 0 heterocycles. The summed E-state index contributed by atoms with van der Waals surface area (Å²) in [5.41, 5.74) is -1.99. The molecule has 0 bridgehead atoms. The molecular weight excluding hydrogens is 241 g/mol. The molecule has 0 rings (SSSR count). The van der Waals surface area contributed by atoms with Gasteiger partial charge in [-0.3, -0.25) is 9.59 Å². The second-order valence-electron chi connectivity index (χ2n) is 4.25. The number of halogens is 3. The van der Waals surface area contributed by atoms with E-state index in [9.17, 15) is 22.8 Å². The van der Waals surface area contributed by atoms with Crippen molar-refractivity contribution in [3.8, 4) is 0 Å². The predicted molar refractivity (Wildman–Crippen MR) is 52.2 cm³/mol. The number of aliphatic carboxylic acids is 1. The van der Waals surface area contributed by atoms with Crippen LogP contribution >= 0.6 is 0 Å². The van der Waals surface area contributed by atoms with Crippen molar-refractivity contribution in [3.63, 3.8) is 0 Å². The van der Waals surface area contributed by atoms with Gasteiger partial charge in [0.1, 0.15) is 0 Å². The van der Waals surface area contributed by atoms with E-state index >= 15 is 0 Å². The van der Waals surface area contributed by atoms with Crippen LogP contribution in [0.1, 0.15) is 27.7 Å². The lowest BCUT2D eigenvalue weighted by molar-refractivity contribution is -0.223. The highest BCUT2D eigenvalue weighted by atomic mass is 19.4. The maximum atomic E-state index is 12.2. The highest BCUT2D eigenvalue weighted by Gasteiger charge is 2.49.